The minimum absolute atomic E-state index is 0.333. The molecule has 0 saturated heterocycles. The summed E-state index contributed by atoms with van der Waals surface area (Å²) in [5, 5.41) is 0. The maximum Gasteiger partial charge on any atom is 0.130 e. The third kappa shape index (κ3) is 3.28. The Balaban J connectivity index is 2.23. The van der Waals surface area contributed by atoms with Crippen molar-refractivity contribution in [1.82, 2.24) is 0 Å². The van der Waals surface area contributed by atoms with Gasteiger partial charge in [-0.25, -0.2) is 8.78 Å². The molecule has 4 heteroatoms. The topological polar surface area (TPSA) is 35.2 Å². The van der Waals surface area contributed by atoms with Gasteiger partial charge in [0, 0.05) is 12.1 Å². The molecule has 0 aliphatic rings. The fourth-order valence-corrected chi connectivity index (χ4v) is 1.66. The molecule has 0 aliphatic heterocycles. The summed E-state index contributed by atoms with van der Waals surface area (Å²) in [6, 6.07) is 10.1. The van der Waals surface area contributed by atoms with E-state index >= 15 is 0 Å². The molecule has 0 heterocycles. The highest BCUT2D eigenvalue weighted by Gasteiger charge is 2.03. The van der Waals surface area contributed by atoms with E-state index in [0.717, 1.165) is 5.56 Å². The van der Waals surface area contributed by atoms with E-state index in [9.17, 15) is 8.78 Å². The molecule has 2 N–H and O–H groups in total. The molecule has 0 aliphatic carbocycles. The molecule has 94 valence electrons. The molecule has 0 atom stereocenters. The van der Waals surface area contributed by atoms with Crippen LogP contribution in [0.25, 0.3) is 0 Å². The Hall–Kier alpha value is -1.94. The van der Waals surface area contributed by atoms with Crippen molar-refractivity contribution in [2.75, 3.05) is 6.54 Å². The minimum atomic E-state index is -0.397. The van der Waals surface area contributed by atoms with E-state index in [2.05, 4.69) is 0 Å². The van der Waals surface area contributed by atoms with E-state index in [-0.39, 0.29) is 0 Å². The summed E-state index contributed by atoms with van der Waals surface area (Å²) in [7, 11) is 0. The second kappa shape index (κ2) is 5.60. The van der Waals surface area contributed by atoms with E-state index in [1.54, 1.807) is 12.1 Å². The number of benzene rings is 2. The summed E-state index contributed by atoms with van der Waals surface area (Å²) in [4.78, 5) is 0. The SMILES string of the molecule is NCCc1cc(F)cc(Oc2cccc(F)c2)c1. The largest absolute Gasteiger partial charge is 0.457 e. The van der Waals surface area contributed by atoms with Gasteiger partial charge >= 0.3 is 0 Å². The maximum atomic E-state index is 13.3. The van der Waals surface area contributed by atoms with Crippen LogP contribution in [0.2, 0.25) is 0 Å². The van der Waals surface area contributed by atoms with Gasteiger partial charge in [0.15, 0.2) is 0 Å². The van der Waals surface area contributed by atoms with Crippen LogP contribution >= 0.6 is 0 Å². The number of rotatable bonds is 4. The highest BCUT2D eigenvalue weighted by molar-refractivity contribution is 5.34. The van der Waals surface area contributed by atoms with Gasteiger partial charge in [0.1, 0.15) is 23.1 Å². The van der Waals surface area contributed by atoms with E-state index in [1.165, 1.54) is 30.3 Å². The van der Waals surface area contributed by atoms with Crippen molar-refractivity contribution in [3.8, 4) is 11.5 Å². The van der Waals surface area contributed by atoms with Crippen LogP contribution in [-0.4, -0.2) is 6.54 Å². The second-order valence-corrected chi connectivity index (χ2v) is 3.89. The number of ether oxygens (including phenoxy) is 1. The smallest absolute Gasteiger partial charge is 0.130 e. The summed E-state index contributed by atoms with van der Waals surface area (Å²) in [5.41, 5.74) is 6.17. The lowest BCUT2D eigenvalue weighted by atomic mass is 10.1. The third-order valence-corrected chi connectivity index (χ3v) is 2.40. The van der Waals surface area contributed by atoms with E-state index < -0.39 is 11.6 Å². The lowest BCUT2D eigenvalue weighted by Gasteiger charge is -2.08. The van der Waals surface area contributed by atoms with E-state index in [4.69, 9.17) is 10.5 Å². The van der Waals surface area contributed by atoms with Crippen molar-refractivity contribution in [2.45, 2.75) is 6.42 Å². The van der Waals surface area contributed by atoms with Gasteiger partial charge in [-0.2, -0.15) is 0 Å². The fraction of sp³-hybridized carbons (Fsp3) is 0.143. The zero-order valence-corrected chi connectivity index (χ0v) is 9.70. The molecule has 0 bridgehead atoms. The Morgan fingerprint density at radius 2 is 1.72 bits per heavy atom. The Labute approximate surface area is 104 Å². The molecule has 18 heavy (non-hydrogen) atoms. The number of hydrogen-bond donors (Lipinski definition) is 1. The molecule has 2 aromatic carbocycles. The molecule has 0 unspecified atom stereocenters. The van der Waals surface area contributed by atoms with Gasteiger partial charge < -0.3 is 10.5 Å². The van der Waals surface area contributed by atoms with Gasteiger partial charge in [-0.3, -0.25) is 0 Å². The van der Waals surface area contributed by atoms with E-state index in [1.807, 2.05) is 0 Å². The Morgan fingerprint density at radius 1 is 0.944 bits per heavy atom. The van der Waals surface area contributed by atoms with Gasteiger partial charge in [-0.15, -0.1) is 0 Å². The molecular weight excluding hydrogens is 236 g/mol. The van der Waals surface area contributed by atoms with Crippen molar-refractivity contribution in [1.29, 1.82) is 0 Å². The maximum absolute atomic E-state index is 13.3. The summed E-state index contributed by atoms with van der Waals surface area (Å²) in [6.07, 6.45) is 0.567. The first-order valence-electron chi connectivity index (χ1n) is 5.60. The molecule has 0 aromatic heterocycles. The lowest BCUT2D eigenvalue weighted by Crippen LogP contribution is -2.03. The summed E-state index contributed by atoms with van der Waals surface area (Å²) in [5.74, 6) is -0.123. The monoisotopic (exact) mass is 249 g/mol. The molecule has 0 radical (unpaired) electrons. The zero-order valence-electron chi connectivity index (χ0n) is 9.70. The minimum Gasteiger partial charge on any atom is -0.457 e. The van der Waals surface area contributed by atoms with Crippen molar-refractivity contribution in [3.63, 3.8) is 0 Å². The second-order valence-electron chi connectivity index (χ2n) is 3.89. The number of hydrogen-bond acceptors (Lipinski definition) is 2. The summed E-state index contributed by atoms with van der Waals surface area (Å²) in [6.45, 7) is 0.433. The quantitative estimate of drug-likeness (QED) is 0.902. The normalized spacial score (nSPS) is 10.4. The number of nitrogens with two attached hydrogens (primary N) is 1. The first-order valence-corrected chi connectivity index (χ1v) is 5.60. The predicted molar refractivity (Wildman–Crippen MR) is 65.6 cm³/mol. The van der Waals surface area contributed by atoms with Crippen molar-refractivity contribution < 1.29 is 13.5 Å². The van der Waals surface area contributed by atoms with Gasteiger partial charge in [0.2, 0.25) is 0 Å². The molecule has 0 saturated carbocycles. The van der Waals surface area contributed by atoms with Crippen LogP contribution in [0.3, 0.4) is 0 Å². The molecule has 2 rings (SSSR count). The Bertz CT molecular complexity index is 543. The van der Waals surface area contributed by atoms with Gasteiger partial charge in [0.05, 0.1) is 0 Å². The van der Waals surface area contributed by atoms with Crippen LogP contribution in [0, 0.1) is 11.6 Å². The van der Waals surface area contributed by atoms with Gasteiger partial charge in [-0.1, -0.05) is 6.07 Å². The van der Waals surface area contributed by atoms with Crippen LogP contribution in [0.15, 0.2) is 42.5 Å². The predicted octanol–water partition coefficient (Wildman–Crippen LogP) is 3.26. The van der Waals surface area contributed by atoms with Crippen molar-refractivity contribution in [3.05, 3.63) is 59.7 Å². The highest BCUT2D eigenvalue weighted by Crippen LogP contribution is 2.24. The Morgan fingerprint density at radius 3 is 2.44 bits per heavy atom. The van der Waals surface area contributed by atoms with Crippen LogP contribution in [0.5, 0.6) is 11.5 Å². The first kappa shape index (κ1) is 12.5. The first-order chi connectivity index (χ1) is 8.67. The van der Waals surface area contributed by atoms with Gasteiger partial charge in [-0.05, 0) is 42.8 Å². The van der Waals surface area contributed by atoms with Crippen LogP contribution < -0.4 is 10.5 Å². The summed E-state index contributed by atoms with van der Waals surface area (Å²) >= 11 is 0. The number of halogens is 2. The van der Waals surface area contributed by atoms with Crippen LogP contribution in [-0.2, 0) is 6.42 Å². The average Bonchev–Trinajstić information content (AvgIpc) is 2.28. The fourth-order valence-electron chi connectivity index (χ4n) is 1.66. The molecule has 0 fully saturated rings. The third-order valence-electron chi connectivity index (χ3n) is 2.40. The van der Waals surface area contributed by atoms with E-state index in [0.29, 0.717) is 24.5 Å². The molecule has 0 spiro atoms. The molecular formula is C14H13F2NO. The zero-order chi connectivity index (χ0) is 13.0. The average molecular weight is 249 g/mol. The van der Waals surface area contributed by atoms with Crippen LogP contribution in [0.1, 0.15) is 5.56 Å². The lowest BCUT2D eigenvalue weighted by molar-refractivity contribution is 0.470. The van der Waals surface area contributed by atoms with Crippen molar-refractivity contribution in [2.24, 2.45) is 5.73 Å². The summed E-state index contributed by atoms with van der Waals surface area (Å²) < 4.78 is 31.7. The Kier molecular flexibility index (Phi) is 3.89. The standard InChI is InChI=1S/C14H13F2NO/c15-11-2-1-3-13(8-11)18-14-7-10(4-5-17)6-12(16)9-14/h1-3,6-9H,4-5,17H2. The highest BCUT2D eigenvalue weighted by atomic mass is 19.1. The van der Waals surface area contributed by atoms with Gasteiger partial charge in [0.25, 0.3) is 0 Å². The van der Waals surface area contributed by atoms with Crippen LogP contribution in [0.4, 0.5) is 8.78 Å². The van der Waals surface area contributed by atoms with Crippen molar-refractivity contribution >= 4 is 0 Å². The molecule has 0 amide bonds. The molecule has 2 nitrogen and oxygen atoms in total. The molecule has 2 aromatic rings.